The number of aliphatic imine (C=N–C) groups is 1. The number of hydrogen-bond donors (Lipinski definition) is 0. The SMILES string of the molecule is CC(=O)C[C@@H]1N=C(c2ccccc2)c2c(sc(C)c2C)-n2c(C)nnc21.CCC. The van der Waals surface area contributed by atoms with E-state index in [4.69, 9.17) is 4.99 Å². The van der Waals surface area contributed by atoms with Crippen molar-refractivity contribution in [2.45, 2.75) is 60.4 Å². The topological polar surface area (TPSA) is 60.1 Å². The first-order valence-corrected chi connectivity index (χ1v) is 10.9. The number of ketones is 1. The summed E-state index contributed by atoms with van der Waals surface area (Å²) in [5, 5.41) is 9.74. The molecule has 29 heavy (non-hydrogen) atoms. The van der Waals surface area contributed by atoms with E-state index in [-0.39, 0.29) is 11.8 Å². The third-order valence-electron chi connectivity index (χ3n) is 4.77. The average molecular weight is 409 g/mol. The van der Waals surface area contributed by atoms with Gasteiger partial charge in [0.1, 0.15) is 22.7 Å². The Labute approximate surface area is 176 Å². The van der Waals surface area contributed by atoms with E-state index in [1.165, 1.54) is 16.9 Å². The first-order chi connectivity index (χ1) is 13.9. The molecule has 0 bridgehead atoms. The molecule has 3 heterocycles. The molecule has 0 radical (unpaired) electrons. The van der Waals surface area contributed by atoms with Gasteiger partial charge >= 0.3 is 0 Å². The van der Waals surface area contributed by atoms with Crippen molar-refractivity contribution >= 4 is 22.8 Å². The normalized spacial score (nSPS) is 14.8. The van der Waals surface area contributed by atoms with Crippen molar-refractivity contribution in [1.82, 2.24) is 14.8 Å². The summed E-state index contributed by atoms with van der Waals surface area (Å²) in [6.07, 6.45) is 1.57. The summed E-state index contributed by atoms with van der Waals surface area (Å²) < 4.78 is 2.08. The highest BCUT2D eigenvalue weighted by atomic mass is 32.1. The maximum atomic E-state index is 11.9. The van der Waals surface area contributed by atoms with Gasteiger partial charge < -0.3 is 0 Å². The molecule has 0 saturated carbocycles. The zero-order chi connectivity index (χ0) is 21.1. The Balaban J connectivity index is 0.000000755. The number of carbonyl (C=O) groups excluding carboxylic acids is 1. The third kappa shape index (κ3) is 4.08. The molecule has 1 aliphatic heterocycles. The standard InChI is InChI=1S/C20H20N4OS.C3H8/c1-11(25)10-16-19-23-22-14(4)24(19)20-17(12(2)13(3)26-20)18(21-16)15-8-6-5-7-9-15;1-3-2/h5-9,16H,10H2,1-4H3;3H2,1-2H3/t16-;/m0./s1. The van der Waals surface area contributed by atoms with E-state index >= 15 is 0 Å². The summed E-state index contributed by atoms with van der Waals surface area (Å²) in [6.45, 7) is 12.1. The van der Waals surface area contributed by atoms with Gasteiger partial charge in [0.15, 0.2) is 5.82 Å². The van der Waals surface area contributed by atoms with Crippen molar-refractivity contribution in [1.29, 1.82) is 0 Å². The molecule has 2 aromatic heterocycles. The van der Waals surface area contributed by atoms with Gasteiger partial charge in [-0.05, 0) is 33.3 Å². The van der Waals surface area contributed by atoms with Crippen molar-refractivity contribution in [3.05, 3.63) is 63.5 Å². The van der Waals surface area contributed by atoms with E-state index in [0.717, 1.165) is 33.5 Å². The van der Waals surface area contributed by atoms with E-state index in [2.05, 4.69) is 54.6 Å². The zero-order valence-corrected chi connectivity index (χ0v) is 18.8. The fourth-order valence-electron chi connectivity index (χ4n) is 3.39. The number of fused-ring (bicyclic) bond motifs is 3. The molecule has 6 heteroatoms. The lowest BCUT2D eigenvalue weighted by molar-refractivity contribution is -0.117. The van der Waals surface area contributed by atoms with Crippen LogP contribution in [0.5, 0.6) is 0 Å². The highest BCUT2D eigenvalue weighted by Crippen LogP contribution is 2.39. The molecule has 0 spiro atoms. The molecule has 0 amide bonds. The Bertz CT molecular complexity index is 1050. The summed E-state index contributed by atoms with van der Waals surface area (Å²) in [4.78, 5) is 18.2. The third-order valence-corrected chi connectivity index (χ3v) is 5.96. The minimum Gasteiger partial charge on any atom is -0.300 e. The van der Waals surface area contributed by atoms with Gasteiger partial charge in [0.2, 0.25) is 0 Å². The number of benzene rings is 1. The van der Waals surface area contributed by atoms with Crippen LogP contribution in [0.25, 0.3) is 5.00 Å². The van der Waals surface area contributed by atoms with E-state index < -0.39 is 0 Å². The number of carbonyl (C=O) groups is 1. The van der Waals surface area contributed by atoms with E-state index in [1.54, 1.807) is 18.3 Å². The maximum Gasteiger partial charge on any atom is 0.163 e. The van der Waals surface area contributed by atoms with Crippen LogP contribution in [0, 0.1) is 20.8 Å². The summed E-state index contributed by atoms with van der Waals surface area (Å²) in [6, 6.07) is 9.84. The largest absolute Gasteiger partial charge is 0.300 e. The number of nitrogens with zero attached hydrogens (tertiary/aromatic N) is 4. The molecule has 0 N–H and O–H groups in total. The lowest BCUT2D eigenvalue weighted by Crippen LogP contribution is -2.09. The summed E-state index contributed by atoms with van der Waals surface area (Å²) in [7, 11) is 0. The first-order valence-electron chi connectivity index (χ1n) is 10.0. The van der Waals surface area contributed by atoms with E-state index in [0.29, 0.717) is 6.42 Å². The van der Waals surface area contributed by atoms with E-state index in [1.807, 2.05) is 25.1 Å². The molecular weight excluding hydrogens is 380 g/mol. The molecule has 0 unspecified atom stereocenters. The highest BCUT2D eigenvalue weighted by molar-refractivity contribution is 7.15. The number of hydrogen-bond acceptors (Lipinski definition) is 5. The monoisotopic (exact) mass is 408 g/mol. The Morgan fingerprint density at radius 2 is 1.76 bits per heavy atom. The fourth-order valence-corrected chi connectivity index (χ4v) is 4.61. The minimum atomic E-state index is -0.330. The predicted molar refractivity (Wildman–Crippen MR) is 120 cm³/mol. The highest BCUT2D eigenvalue weighted by Gasteiger charge is 2.31. The minimum absolute atomic E-state index is 0.0940. The molecule has 152 valence electrons. The van der Waals surface area contributed by atoms with Gasteiger partial charge in [0.25, 0.3) is 0 Å². The predicted octanol–water partition coefficient (Wildman–Crippen LogP) is 5.54. The molecule has 1 aromatic carbocycles. The first kappa shape index (κ1) is 21.1. The van der Waals surface area contributed by atoms with Crippen molar-refractivity contribution < 1.29 is 4.79 Å². The van der Waals surface area contributed by atoms with Crippen LogP contribution in [0.15, 0.2) is 35.3 Å². The van der Waals surface area contributed by atoms with Crippen molar-refractivity contribution in [2.75, 3.05) is 0 Å². The van der Waals surface area contributed by atoms with E-state index in [9.17, 15) is 4.79 Å². The lowest BCUT2D eigenvalue weighted by atomic mass is 9.99. The lowest BCUT2D eigenvalue weighted by Gasteiger charge is -2.11. The number of Topliss-reactive ketones (excluding diaryl/α,β-unsaturated/α-hetero) is 1. The van der Waals surface area contributed by atoms with Gasteiger partial charge in [-0.25, -0.2) is 0 Å². The number of aromatic nitrogens is 3. The molecule has 1 aliphatic rings. The van der Waals surface area contributed by atoms with Crippen LogP contribution in [0.4, 0.5) is 0 Å². The average Bonchev–Trinajstić information content (AvgIpc) is 3.15. The molecule has 0 fully saturated rings. The Morgan fingerprint density at radius 3 is 2.38 bits per heavy atom. The second kappa shape index (κ2) is 8.82. The maximum absolute atomic E-state index is 11.9. The summed E-state index contributed by atoms with van der Waals surface area (Å²) in [5.41, 5.74) is 4.32. The fraction of sp³-hybridized carbons (Fsp3) is 0.391. The Kier molecular flexibility index (Phi) is 6.42. The Hall–Kier alpha value is -2.60. The van der Waals surface area contributed by atoms with Gasteiger partial charge in [-0.1, -0.05) is 50.6 Å². The second-order valence-corrected chi connectivity index (χ2v) is 8.58. The van der Waals surface area contributed by atoms with Crippen LogP contribution in [0.2, 0.25) is 0 Å². The molecule has 1 atom stereocenters. The Morgan fingerprint density at radius 1 is 1.10 bits per heavy atom. The summed E-state index contributed by atoms with van der Waals surface area (Å²) >= 11 is 1.73. The number of rotatable bonds is 3. The van der Waals surface area contributed by atoms with Crippen LogP contribution in [0.1, 0.15) is 72.9 Å². The van der Waals surface area contributed by atoms with Crippen molar-refractivity contribution in [2.24, 2.45) is 4.99 Å². The molecule has 4 rings (SSSR count). The van der Waals surface area contributed by atoms with Crippen LogP contribution in [-0.4, -0.2) is 26.3 Å². The van der Waals surface area contributed by atoms with Crippen LogP contribution >= 0.6 is 11.3 Å². The van der Waals surface area contributed by atoms with Crippen molar-refractivity contribution in [3.8, 4) is 5.00 Å². The van der Waals surface area contributed by atoms with Crippen molar-refractivity contribution in [3.63, 3.8) is 0 Å². The molecule has 3 aromatic rings. The van der Waals surface area contributed by atoms with Gasteiger partial charge in [-0.3, -0.25) is 14.4 Å². The van der Waals surface area contributed by atoms with Gasteiger partial charge in [0, 0.05) is 22.4 Å². The van der Waals surface area contributed by atoms with Gasteiger partial charge in [0.05, 0.1) is 5.71 Å². The van der Waals surface area contributed by atoms with Crippen LogP contribution in [0.3, 0.4) is 0 Å². The zero-order valence-electron chi connectivity index (χ0n) is 18.0. The number of thiophene rings is 1. The summed E-state index contributed by atoms with van der Waals surface area (Å²) in [5.74, 6) is 1.66. The molecular formula is C23H28N4OS. The molecule has 5 nitrogen and oxygen atoms in total. The second-order valence-electron chi connectivity index (χ2n) is 7.38. The van der Waals surface area contributed by atoms with Gasteiger partial charge in [-0.15, -0.1) is 21.5 Å². The van der Waals surface area contributed by atoms with Gasteiger partial charge in [-0.2, -0.15) is 0 Å². The van der Waals surface area contributed by atoms with Crippen LogP contribution < -0.4 is 0 Å². The number of aryl methyl sites for hydroxylation is 2. The smallest absolute Gasteiger partial charge is 0.163 e. The van der Waals surface area contributed by atoms with Crippen LogP contribution in [-0.2, 0) is 4.79 Å². The molecule has 0 saturated heterocycles. The quantitative estimate of drug-likeness (QED) is 0.571. The molecule has 0 aliphatic carbocycles.